The van der Waals surface area contributed by atoms with E-state index in [1.807, 2.05) is 16.5 Å². The maximum absolute atomic E-state index is 12.4. The number of fused-ring (bicyclic) bond motifs is 1. The van der Waals surface area contributed by atoms with Gasteiger partial charge in [0.05, 0.1) is 18.7 Å². The largest absolute Gasteiger partial charge is 0.365 e. The van der Waals surface area contributed by atoms with Gasteiger partial charge in [-0.2, -0.15) is 0 Å². The highest BCUT2D eigenvalue weighted by Gasteiger charge is 2.43. The molecular weight excluding hydrogens is 322 g/mol. The fourth-order valence-corrected chi connectivity index (χ4v) is 4.26. The van der Waals surface area contributed by atoms with Crippen LogP contribution in [0.2, 0.25) is 0 Å². The molecule has 2 saturated heterocycles. The van der Waals surface area contributed by atoms with Crippen molar-refractivity contribution in [2.24, 2.45) is 0 Å². The molecule has 1 aromatic heterocycles. The lowest BCUT2D eigenvalue weighted by Gasteiger charge is -2.36. The number of nitrogens with zero attached hydrogens (tertiary/aromatic N) is 3. The van der Waals surface area contributed by atoms with Crippen LogP contribution in [-0.4, -0.2) is 52.5 Å². The van der Waals surface area contributed by atoms with E-state index in [-0.39, 0.29) is 24.7 Å². The van der Waals surface area contributed by atoms with Crippen molar-refractivity contribution < 1.29 is 9.53 Å². The lowest BCUT2D eigenvalue weighted by molar-refractivity contribution is -0.153. The molecular formula is C18H21N3O2S. The summed E-state index contributed by atoms with van der Waals surface area (Å²) in [6, 6.07) is 8.51. The summed E-state index contributed by atoms with van der Waals surface area (Å²) in [5.41, 5.74) is 2.41. The van der Waals surface area contributed by atoms with Crippen molar-refractivity contribution >= 4 is 17.2 Å². The van der Waals surface area contributed by atoms with Crippen molar-refractivity contribution in [1.82, 2.24) is 14.8 Å². The lowest BCUT2D eigenvalue weighted by Crippen LogP contribution is -2.53. The van der Waals surface area contributed by atoms with E-state index < -0.39 is 0 Å². The van der Waals surface area contributed by atoms with Crippen molar-refractivity contribution in [2.75, 3.05) is 19.7 Å². The van der Waals surface area contributed by atoms with Gasteiger partial charge in [-0.3, -0.25) is 9.69 Å². The standard InChI is InChI=1S/C18H21N3O2S/c1-13-3-2-4-14(7-13)8-21-15-9-20(11-17-19-5-6-24-17)10-16(15)23-12-18(21)22/h2-7,15-16H,8-12H2,1H3/t15-,16-/m1/s1. The number of amides is 1. The third-order valence-corrected chi connectivity index (χ3v) is 5.50. The molecule has 0 N–H and O–H groups in total. The number of benzene rings is 1. The Morgan fingerprint density at radius 2 is 2.25 bits per heavy atom. The Balaban J connectivity index is 1.48. The zero-order chi connectivity index (χ0) is 16.5. The van der Waals surface area contributed by atoms with Gasteiger partial charge in [0.25, 0.3) is 0 Å². The van der Waals surface area contributed by atoms with Crippen LogP contribution in [0.1, 0.15) is 16.1 Å². The average Bonchev–Trinajstić information content (AvgIpc) is 3.20. The first-order valence-corrected chi connectivity index (χ1v) is 9.14. The normalized spacial score (nSPS) is 24.4. The van der Waals surface area contributed by atoms with E-state index >= 15 is 0 Å². The molecule has 0 radical (unpaired) electrons. The Kier molecular flexibility index (Phi) is 4.35. The monoisotopic (exact) mass is 343 g/mol. The molecule has 24 heavy (non-hydrogen) atoms. The third-order valence-electron chi connectivity index (χ3n) is 4.73. The number of ether oxygens (including phenoxy) is 1. The van der Waals surface area contributed by atoms with Gasteiger partial charge in [-0.05, 0) is 12.5 Å². The summed E-state index contributed by atoms with van der Waals surface area (Å²) >= 11 is 1.67. The smallest absolute Gasteiger partial charge is 0.249 e. The summed E-state index contributed by atoms with van der Waals surface area (Å²) in [6.45, 7) is 5.48. The fraction of sp³-hybridized carbons (Fsp3) is 0.444. The Labute approximate surface area is 145 Å². The first kappa shape index (κ1) is 15.7. The van der Waals surface area contributed by atoms with Gasteiger partial charge in [-0.25, -0.2) is 4.98 Å². The summed E-state index contributed by atoms with van der Waals surface area (Å²) in [4.78, 5) is 21.1. The molecule has 4 rings (SSSR count). The number of hydrogen-bond donors (Lipinski definition) is 0. The Bertz CT molecular complexity index is 719. The van der Waals surface area contributed by atoms with Crippen LogP contribution in [-0.2, 0) is 22.6 Å². The summed E-state index contributed by atoms with van der Waals surface area (Å²) in [5.74, 6) is 0.0915. The fourth-order valence-electron chi connectivity index (χ4n) is 3.61. The second-order valence-corrected chi connectivity index (χ2v) is 7.53. The lowest BCUT2D eigenvalue weighted by atomic mass is 10.1. The van der Waals surface area contributed by atoms with Gasteiger partial charge in [0.2, 0.25) is 5.91 Å². The topological polar surface area (TPSA) is 45.7 Å². The molecule has 1 aromatic carbocycles. The molecule has 2 aliphatic rings. The van der Waals surface area contributed by atoms with Crippen LogP contribution in [0.15, 0.2) is 35.8 Å². The van der Waals surface area contributed by atoms with E-state index in [4.69, 9.17) is 4.74 Å². The molecule has 2 aliphatic heterocycles. The number of carbonyl (C=O) groups excluding carboxylic acids is 1. The van der Waals surface area contributed by atoms with Crippen molar-refractivity contribution in [3.63, 3.8) is 0 Å². The molecule has 3 heterocycles. The zero-order valence-corrected chi connectivity index (χ0v) is 14.5. The number of hydrogen-bond acceptors (Lipinski definition) is 5. The first-order chi connectivity index (χ1) is 11.7. The molecule has 0 bridgehead atoms. The second-order valence-electron chi connectivity index (χ2n) is 6.55. The second kappa shape index (κ2) is 6.63. The zero-order valence-electron chi connectivity index (χ0n) is 13.7. The highest BCUT2D eigenvalue weighted by atomic mass is 32.1. The van der Waals surface area contributed by atoms with E-state index in [1.165, 1.54) is 11.1 Å². The minimum Gasteiger partial charge on any atom is -0.365 e. The van der Waals surface area contributed by atoms with Gasteiger partial charge in [0, 0.05) is 31.2 Å². The number of thiazole rings is 1. The van der Waals surface area contributed by atoms with Gasteiger partial charge in [-0.15, -0.1) is 11.3 Å². The van der Waals surface area contributed by atoms with Crippen LogP contribution < -0.4 is 0 Å². The Morgan fingerprint density at radius 1 is 1.33 bits per heavy atom. The SMILES string of the molecule is Cc1cccc(CN2C(=O)CO[C@@H]3CN(Cc4nccs4)C[C@H]32)c1. The van der Waals surface area contributed by atoms with Crippen LogP contribution in [0, 0.1) is 6.92 Å². The predicted octanol–water partition coefficient (Wildman–Crippen LogP) is 2.06. The summed E-state index contributed by atoms with van der Waals surface area (Å²) in [7, 11) is 0. The van der Waals surface area contributed by atoms with Crippen LogP contribution in [0.3, 0.4) is 0 Å². The van der Waals surface area contributed by atoms with Crippen molar-refractivity contribution in [3.05, 3.63) is 52.0 Å². The maximum Gasteiger partial charge on any atom is 0.249 e. The van der Waals surface area contributed by atoms with Gasteiger partial charge in [0.1, 0.15) is 11.6 Å². The summed E-state index contributed by atoms with van der Waals surface area (Å²) < 4.78 is 5.81. The third kappa shape index (κ3) is 3.22. The summed E-state index contributed by atoms with van der Waals surface area (Å²) in [6.07, 6.45) is 1.94. The number of aryl methyl sites for hydroxylation is 1. The Hall–Kier alpha value is -1.76. The highest BCUT2D eigenvalue weighted by molar-refractivity contribution is 7.09. The molecule has 2 aromatic rings. The molecule has 6 heteroatoms. The van der Waals surface area contributed by atoms with Crippen molar-refractivity contribution in [3.8, 4) is 0 Å². The molecule has 2 fully saturated rings. The quantitative estimate of drug-likeness (QED) is 0.852. The van der Waals surface area contributed by atoms with Gasteiger partial charge in [0.15, 0.2) is 0 Å². The average molecular weight is 343 g/mol. The first-order valence-electron chi connectivity index (χ1n) is 8.26. The van der Waals surface area contributed by atoms with Crippen LogP contribution in [0.5, 0.6) is 0 Å². The molecule has 0 saturated carbocycles. The molecule has 2 atom stereocenters. The van der Waals surface area contributed by atoms with Gasteiger partial charge in [-0.1, -0.05) is 29.8 Å². The van der Waals surface area contributed by atoms with Crippen molar-refractivity contribution in [1.29, 1.82) is 0 Å². The maximum atomic E-state index is 12.4. The molecule has 1 amide bonds. The van der Waals surface area contributed by atoms with Gasteiger partial charge < -0.3 is 9.64 Å². The minimum absolute atomic E-state index is 0.0915. The van der Waals surface area contributed by atoms with Crippen LogP contribution in [0.4, 0.5) is 0 Å². The van der Waals surface area contributed by atoms with Crippen LogP contribution >= 0.6 is 11.3 Å². The number of carbonyl (C=O) groups is 1. The number of likely N-dealkylation sites (tertiary alicyclic amines) is 1. The van der Waals surface area contributed by atoms with E-state index in [2.05, 4.69) is 41.1 Å². The Morgan fingerprint density at radius 3 is 3.04 bits per heavy atom. The molecule has 0 aliphatic carbocycles. The van der Waals surface area contributed by atoms with Crippen LogP contribution in [0.25, 0.3) is 0 Å². The van der Waals surface area contributed by atoms with E-state index in [1.54, 1.807) is 11.3 Å². The predicted molar refractivity (Wildman–Crippen MR) is 92.6 cm³/mol. The molecule has 5 nitrogen and oxygen atoms in total. The molecule has 0 unspecified atom stereocenters. The van der Waals surface area contributed by atoms with Crippen molar-refractivity contribution in [2.45, 2.75) is 32.2 Å². The highest BCUT2D eigenvalue weighted by Crippen LogP contribution is 2.26. The number of morpholine rings is 1. The summed E-state index contributed by atoms with van der Waals surface area (Å²) in [5, 5.41) is 3.12. The van der Waals surface area contributed by atoms with E-state index in [0.29, 0.717) is 6.54 Å². The minimum atomic E-state index is 0.0915. The molecule has 126 valence electrons. The number of rotatable bonds is 4. The van der Waals surface area contributed by atoms with E-state index in [0.717, 1.165) is 24.6 Å². The van der Waals surface area contributed by atoms with Gasteiger partial charge >= 0.3 is 0 Å². The molecule has 0 spiro atoms. The number of aromatic nitrogens is 1. The van der Waals surface area contributed by atoms with E-state index in [9.17, 15) is 4.79 Å².